The summed E-state index contributed by atoms with van der Waals surface area (Å²) in [6.07, 6.45) is 1.86. The van der Waals surface area contributed by atoms with E-state index in [0.29, 0.717) is 0 Å². The molecular formula is C17H24N2O2. The van der Waals surface area contributed by atoms with Crippen molar-refractivity contribution in [1.29, 1.82) is 0 Å². The Bertz CT molecular complexity index is 538. The molecule has 4 nitrogen and oxygen atoms in total. The molecule has 21 heavy (non-hydrogen) atoms. The second-order valence-electron chi connectivity index (χ2n) is 6.24. The van der Waals surface area contributed by atoms with Crippen LogP contribution < -0.4 is 5.32 Å². The second-order valence-corrected chi connectivity index (χ2v) is 6.24. The van der Waals surface area contributed by atoms with E-state index >= 15 is 0 Å². The minimum absolute atomic E-state index is 0.00417. The van der Waals surface area contributed by atoms with Gasteiger partial charge in [0.1, 0.15) is 6.17 Å². The maximum Gasteiger partial charge on any atom is 0.241 e. The molecule has 2 aliphatic rings. The van der Waals surface area contributed by atoms with Crippen molar-refractivity contribution in [3.8, 4) is 0 Å². The number of hydrogen-bond donors (Lipinski definition) is 1. The van der Waals surface area contributed by atoms with Gasteiger partial charge in [-0.3, -0.25) is 10.1 Å². The molecule has 1 aromatic carbocycles. The molecule has 0 spiro atoms. The van der Waals surface area contributed by atoms with Crippen LogP contribution in [-0.4, -0.2) is 36.1 Å². The van der Waals surface area contributed by atoms with E-state index in [1.54, 1.807) is 0 Å². The van der Waals surface area contributed by atoms with Crippen LogP contribution in [0.15, 0.2) is 18.2 Å². The van der Waals surface area contributed by atoms with Crippen molar-refractivity contribution in [2.45, 2.75) is 51.9 Å². The molecule has 114 valence electrons. The van der Waals surface area contributed by atoms with Gasteiger partial charge in [0.15, 0.2) is 0 Å². The van der Waals surface area contributed by atoms with Gasteiger partial charge in [-0.2, -0.15) is 0 Å². The lowest BCUT2D eigenvalue weighted by atomic mass is 10.00. The normalized spacial score (nSPS) is 27.4. The molecule has 0 radical (unpaired) electrons. The molecular weight excluding hydrogens is 264 g/mol. The summed E-state index contributed by atoms with van der Waals surface area (Å²) in [6, 6.07) is 6.64. The van der Waals surface area contributed by atoms with Gasteiger partial charge >= 0.3 is 0 Å². The number of hydrogen-bond acceptors (Lipinski definition) is 3. The van der Waals surface area contributed by atoms with Crippen molar-refractivity contribution in [3.63, 3.8) is 0 Å². The average Bonchev–Trinajstić information content (AvgIpc) is 2.78. The van der Waals surface area contributed by atoms with Crippen LogP contribution in [0, 0.1) is 13.8 Å². The van der Waals surface area contributed by atoms with Crippen LogP contribution in [0.3, 0.4) is 0 Å². The second kappa shape index (κ2) is 5.78. The Morgan fingerprint density at radius 3 is 2.67 bits per heavy atom. The quantitative estimate of drug-likeness (QED) is 0.908. The first kappa shape index (κ1) is 14.5. The largest absolute Gasteiger partial charge is 0.381 e. The predicted molar refractivity (Wildman–Crippen MR) is 81.9 cm³/mol. The van der Waals surface area contributed by atoms with Gasteiger partial charge in [-0.1, -0.05) is 23.8 Å². The first-order chi connectivity index (χ1) is 10.1. The molecule has 2 saturated heterocycles. The number of rotatable bonds is 2. The summed E-state index contributed by atoms with van der Waals surface area (Å²) in [6.45, 7) is 7.68. The third kappa shape index (κ3) is 2.70. The highest BCUT2D eigenvalue weighted by Gasteiger charge is 2.41. The predicted octanol–water partition coefficient (Wildman–Crippen LogP) is 2.30. The van der Waals surface area contributed by atoms with Gasteiger partial charge in [-0.15, -0.1) is 0 Å². The highest BCUT2D eigenvalue weighted by Crippen LogP contribution is 2.32. The summed E-state index contributed by atoms with van der Waals surface area (Å²) in [5, 5.41) is 3.47. The summed E-state index contributed by atoms with van der Waals surface area (Å²) in [4.78, 5) is 14.7. The molecule has 1 N–H and O–H groups in total. The Balaban J connectivity index is 1.94. The topological polar surface area (TPSA) is 41.6 Å². The van der Waals surface area contributed by atoms with Crippen LogP contribution in [0.1, 0.15) is 42.6 Å². The fourth-order valence-electron chi connectivity index (χ4n) is 3.39. The maximum atomic E-state index is 12.6. The molecule has 0 bridgehead atoms. The third-order valence-electron chi connectivity index (χ3n) is 4.62. The fourth-order valence-corrected chi connectivity index (χ4v) is 3.39. The molecule has 0 aromatic heterocycles. The van der Waals surface area contributed by atoms with E-state index in [9.17, 15) is 4.79 Å². The van der Waals surface area contributed by atoms with Gasteiger partial charge in [-0.05, 0) is 44.7 Å². The van der Waals surface area contributed by atoms with E-state index in [2.05, 4.69) is 42.3 Å². The number of nitrogens with one attached hydrogen (secondary N) is 1. The van der Waals surface area contributed by atoms with E-state index < -0.39 is 0 Å². The minimum Gasteiger partial charge on any atom is -0.381 e. The van der Waals surface area contributed by atoms with Crippen molar-refractivity contribution in [1.82, 2.24) is 10.2 Å². The molecule has 2 fully saturated rings. The van der Waals surface area contributed by atoms with Crippen molar-refractivity contribution in [2.75, 3.05) is 13.2 Å². The van der Waals surface area contributed by atoms with Crippen molar-refractivity contribution >= 4 is 5.91 Å². The Labute approximate surface area is 126 Å². The number of aryl methyl sites for hydroxylation is 2. The fraction of sp³-hybridized carbons (Fsp3) is 0.588. The lowest BCUT2D eigenvalue weighted by Crippen LogP contribution is -2.43. The molecule has 3 rings (SSSR count). The number of nitrogens with zero attached hydrogens (tertiary/aromatic N) is 1. The van der Waals surface area contributed by atoms with E-state index in [1.165, 1.54) is 16.7 Å². The summed E-state index contributed by atoms with van der Waals surface area (Å²) >= 11 is 0. The molecule has 2 aliphatic heterocycles. The number of ether oxygens (including phenoxy) is 1. The summed E-state index contributed by atoms with van der Waals surface area (Å²) < 4.78 is 5.45. The smallest absolute Gasteiger partial charge is 0.241 e. The zero-order valence-electron chi connectivity index (χ0n) is 13.1. The lowest BCUT2D eigenvalue weighted by Gasteiger charge is -2.35. The molecule has 4 heteroatoms. The molecule has 2 unspecified atom stereocenters. The standard InChI is InChI=1S/C17H24N2O2/c1-11-4-5-12(2)15(10-11)16-18-13(3)17(20)19(16)14-6-8-21-9-7-14/h4-5,10,13-14,16,18H,6-9H2,1-3H3. The Morgan fingerprint density at radius 1 is 1.24 bits per heavy atom. The average molecular weight is 288 g/mol. The van der Waals surface area contributed by atoms with Gasteiger partial charge in [0, 0.05) is 19.3 Å². The first-order valence-corrected chi connectivity index (χ1v) is 7.81. The van der Waals surface area contributed by atoms with Crippen LogP contribution >= 0.6 is 0 Å². The van der Waals surface area contributed by atoms with Crippen LogP contribution in [0.25, 0.3) is 0 Å². The van der Waals surface area contributed by atoms with Gasteiger partial charge in [0.25, 0.3) is 0 Å². The highest BCUT2D eigenvalue weighted by molar-refractivity contribution is 5.84. The van der Waals surface area contributed by atoms with E-state index in [0.717, 1.165) is 26.1 Å². The van der Waals surface area contributed by atoms with Crippen LogP contribution in [0.4, 0.5) is 0 Å². The van der Waals surface area contributed by atoms with E-state index in [-0.39, 0.29) is 24.2 Å². The van der Waals surface area contributed by atoms with Gasteiger partial charge < -0.3 is 9.64 Å². The maximum absolute atomic E-state index is 12.6. The minimum atomic E-state index is -0.113. The third-order valence-corrected chi connectivity index (χ3v) is 4.62. The zero-order valence-corrected chi connectivity index (χ0v) is 13.1. The van der Waals surface area contributed by atoms with Crippen LogP contribution in [-0.2, 0) is 9.53 Å². The molecule has 1 amide bonds. The molecule has 2 heterocycles. The molecule has 1 aromatic rings. The number of amides is 1. The van der Waals surface area contributed by atoms with Crippen molar-refractivity contribution in [2.24, 2.45) is 0 Å². The van der Waals surface area contributed by atoms with Crippen LogP contribution in [0.5, 0.6) is 0 Å². The number of carbonyl (C=O) groups is 1. The van der Waals surface area contributed by atoms with Gasteiger partial charge in [0.05, 0.1) is 6.04 Å². The highest BCUT2D eigenvalue weighted by atomic mass is 16.5. The first-order valence-electron chi connectivity index (χ1n) is 7.81. The number of carbonyl (C=O) groups excluding carboxylic acids is 1. The van der Waals surface area contributed by atoms with E-state index in [4.69, 9.17) is 4.74 Å². The van der Waals surface area contributed by atoms with Crippen molar-refractivity contribution < 1.29 is 9.53 Å². The van der Waals surface area contributed by atoms with Crippen molar-refractivity contribution in [3.05, 3.63) is 34.9 Å². The summed E-state index contributed by atoms with van der Waals surface area (Å²) in [7, 11) is 0. The summed E-state index contributed by atoms with van der Waals surface area (Å²) in [5.74, 6) is 0.216. The number of benzene rings is 1. The zero-order chi connectivity index (χ0) is 15.0. The molecule has 0 saturated carbocycles. The van der Waals surface area contributed by atoms with Gasteiger partial charge in [0.2, 0.25) is 5.91 Å². The van der Waals surface area contributed by atoms with Gasteiger partial charge in [-0.25, -0.2) is 0 Å². The Hall–Kier alpha value is -1.39. The van der Waals surface area contributed by atoms with Crippen LogP contribution in [0.2, 0.25) is 0 Å². The SMILES string of the molecule is Cc1ccc(C)c(C2NC(C)C(=O)N2C2CCOCC2)c1. The Kier molecular flexibility index (Phi) is 4.00. The molecule has 2 atom stereocenters. The monoisotopic (exact) mass is 288 g/mol. The molecule has 0 aliphatic carbocycles. The lowest BCUT2D eigenvalue weighted by molar-refractivity contribution is -0.134. The summed E-state index contributed by atoms with van der Waals surface area (Å²) in [5.41, 5.74) is 3.69. The Morgan fingerprint density at radius 2 is 1.95 bits per heavy atom. The van der Waals surface area contributed by atoms with E-state index in [1.807, 2.05) is 6.92 Å².